The summed E-state index contributed by atoms with van der Waals surface area (Å²) in [5.41, 5.74) is 0.992. The van der Waals surface area contributed by atoms with Gasteiger partial charge in [-0.05, 0) is 128 Å². The molecule has 2 aliphatic carbocycles. The maximum absolute atomic E-state index is 14.2. The Balaban J connectivity index is 1.28. The lowest BCUT2D eigenvalue weighted by molar-refractivity contribution is -0.142. The number of nitrogens with one attached hydrogen (secondary N) is 3. The van der Waals surface area contributed by atoms with Crippen LogP contribution in [0.5, 0.6) is 0 Å². The second kappa shape index (κ2) is 15.9. The maximum atomic E-state index is 14.2. The van der Waals surface area contributed by atoms with Crippen LogP contribution >= 0.6 is 0 Å². The quantitative estimate of drug-likeness (QED) is 0.247. The summed E-state index contributed by atoms with van der Waals surface area (Å²) >= 11 is 0. The molecule has 2 heterocycles. The van der Waals surface area contributed by atoms with Gasteiger partial charge in [-0.3, -0.25) is 9.59 Å². The van der Waals surface area contributed by atoms with E-state index in [9.17, 15) is 23.6 Å². The van der Waals surface area contributed by atoms with Gasteiger partial charge in [0.1, 0.15) is 24.0 Å². The Kier molecular flexibility index (Phi) is 11.9. The molecule has 3 atom stereocenters. The van der Waals surface area contributed by atoms with Gasteiger partial charge in [0.05, 0.1) is 18.8 Å². The number of rotatable bonds is 10. The monoisotopic (exact) mass is 684 g/mol. The van der Waals surface area contributed by atoms with Gasteiger partial charge in [-0.25, -0.2) is 14.0 Å². The fourth-order valence-corrected chi connectivity index (χ4v) is 8.14. The molecule has 49 heavy (non-hydrogen) atoms. The van der Waals surface area contributed by atoms with Crippen LogP contribution in [0, 0.1) is 23.7 Å². The van der Waals surface area contributed by atoms with Crippen LogP contribution in [0.1, 0.15) is 96.0 Å². The number of aromatic amines is 1. The van der Waals surface area contributed by atoms with Gasteiger partial charge in [-0.2, -0.15) is 0 Å². The number of hydrogen-bond acceptors (Lipinski definition) is 7. The van der Waals surface area contributed by atoms with Crippen LogP contribution in [0.3, 0.4) is 0 Å². The minimum atomic E-state index is -0.706. The molecule has 11 nitrogen and oxygen atoms in total. The summed E-state index contributed by atoms with van der Waals surface area (Å²) in [6.07, 6.45) is 6.43. The number of hydrogen-bond donors (Lipinski definition) is 3. The van der Waals surface area contributed by atoms with E-state index in [-0.39, 0.29) is 42.3 Å². The summed E-state index contributed by atoms with van der Waals surface area (Å²) in [6, 6.07) is 5.85. The van der Waals surface area contributed by atoms with Crippen LogP contribution in [0.2, 0.25) is 0 Å². The fraction of sp³-hybridized carbons (Fsp3) is 0.676. The summed E-state index contributed by atoms with van der Waals surface area (Å²) in [6.45, 7) is 7.11. The van der Waals surface area contributed by atoms with E-state index < -0.39 is 36.4 Å². The molecule has 1 aliphatic heterocycles. The first-order valence-electron chi connectivity index (χ1n) is 17.9. The predicted octanol–water partition coefficient (Wildman–Crippen LogP) is 6.37. The Morgan fingerprint density at radius 1 is 1.00 bits per heavy atom. The van der Waals surface area contributed by atoms with Gasteiger partial charge in [0.2, 0.25) is 11.8 Å². The number of halogens is 1. The predicted molar refractivity (Wildman–Crippen MR) is 184 cm³/mol. The van der Waals surface area contributed by atoms with E-state index in [2.05, 4.69) is 15.6 Å². The summed E-state index contributed by atoms with van der Waals surface area (Å²) in [7, 11) is 1.74. The zero-order valence-electron chi connectivity index (χ0n) is 29.5. The third-order valence-electron chi connectivity index (χ3n) is 10.6. The van der Waals surface area contributed by atoms with Crippen molar-refractivity contribution in [3.8, 4) is 0 Å². The normalized spacial score (nSPS) is 26.6. The van der Waals surface area contributed by atoms with Gasteiger partial charge < -0.3 is 34.7 Å². The van der Waals surface area contributed by atoms with Crippen LogP contribution in [0.4, 0.5) is 14.9 Å². The highest BCUT2D eigenvalue weighted by Crippen LogP contribution is 2.42. The number of nitrogens with zero attached hydrogens (tertiary/aromatic N) is 1. The van der Waals surface area contributed by atoms with Crippen molar-refractivity contribution in [3.63, 3.8) is 0 Å². The van der Waals surface area contributed by atoms with Gasteiger partial charge in [-0.1, -0.05) is 0 Å². The van der Waals surface area contributed by atoms with Gasteiger partial charge in [0.25, 0.3) is 0 Å². The number of alkyl halides is 1. The molecular formula is C37H53FN4O7. The number of benzene rings is 1. The number of likely N-dealkylation sites (tertiary alicyclic amines) is 1. The van der Waals surface area contributed by atoms with Gasteiger partial charge >= 0.3 is 12.1 Å². The smallest absolute Gasteiger partial charge is 0.407 e. The van der Waals surface area contributed by atoms with Crippen molar-refractivity contribution in [1.82, 2.24) is 15.2 Å². The van der Waals surface area contributed by atoms with Gasteiger partial charge in [0, 0.05) is 36.2 Å². The Hall–Kier alpha value is -3.67. The Bertz CT molecular complexity index is 1470. The van der Waals surface area contributed by atoms with E-state index in [0.717, 1.165) is 43.0 Å². The molecule has 1 saturated heterocycles. The number of ether oxygens (including phenoxy) is 3. The number of H-pyrrole nitrogens is 1. The number of carbonyl (C=O) groups excluding carboxylic acids is 4. The topological polar surface area (TPSA) is 139 Å². The summed E-state index contributed by atoms with van der Waals surface area (Å²) in [5.74, 6) is -0.715. The number of esters is 1. The van der Waals surface area contributed by atoms with Crippen molar-refractivity contribution < 1.29 is 37.8 Å². The average molecular weight is 685 g/mol. The molecule has 0 unspecified atom stereocenters. The second-order valence-corrected chi connectivity index (χ2v) is 14.9. The molecule has 270 valence electrons. The van der Waals surface area contributed by atoms with Crippen molar-refractivity contribution >= 4 is 40.5 Å². The summed E-state index contributed by atoms with van der Waals surface area (Å²) in [5, 5.41) is 6.55. The standard InChI is InChI=1S/C37H53FN4O7/c1-6-48-35(45)30-20-25-19-26(13-16-29(25)40-30)39-33(43)32-28(22-11-14-27(47-5)15-12-22)17-18-42(32)34(44)24-9-7-23(8-10-24)31(21-38)41-36(46)49-37(2,3)4/h13,16,19-20,22-24,27-28,31-32,40H,6-12,14-15,17-18,21H2,1-5H3,(H,39,43)(H,41,46)/t22?,23-,24+,27?,28-,31-,32-/m0/s1. The molecule has 0 bridgehead atoms. The van der Waals surface area contributed by atoms with Gasteiger partial charge in [-0.15, -0.1) is 0 Å². The first-order valence-corrected chi connectivity index (χ1v) is 17.9. The number of anilines is 1. The number of fused-ring (bicyclic) bond motifs is 1. The molecule has 2 aromatic rings. The first kappa shape index (κ1) is 36.6. The number of alkyl carbamates (subject to hydrolysis) is 1. The SMILES string of the molecule is CCOC(=O)c1cc2cc(NC(=O)[C@@H]3[C@H](C4CCC(OC)CC4)CCN3C(=O)[C@H]3CC[C@@H]([C@H](CF)NC(=O)OC(C)(C)C)CC3)ccc2[nH]1. The van der Waals surface area contributed by atoms with Crippen LogP contribution in [0.25, 0.3) is 10.9 Å². The lowest BCUT2D eigenvalue weighted by Gasteiger charge is -2.38. The number of amides is 3. The highest BCUT2D eigenvalue weighted by Gasteiger charge is 2.47. The lowest BCUT2D eigenvalue weighted by Crippen LogP contribution is -2.50. The molecule has 12 heteroatoms. The largest absolute Gasteiger partial charge is 0.461 e. The molecular weight excluding hydrogens is 631 g/mol. The number of aromatic nitrogens is 1. The number of carbonyl (C=O) groups is 4. The zero-order chi connectivity index (χ0) is 35.3. The Morgan fingerprint density at radius 3 is 2.35 bits per heavy atom. The Labute approximate surface area is 288 Å². The minimum absolute atomic E-state index is 0.0243. The highest BCUT2D eigenvalue weighted by atomic mass is 19.1. The summed E-state index contributed by atoms with van der Waals surface area (Å²) in [4.78, 5) is 57.8. The lowest BCUT2D eigenvalue weighted by atomic mass is 9.75. The van der Waals surface area contributed by atoms with Crippen molar-refractivity contribution in [2.75, 3.05) is 32.3 Å². The van der Waals surface area contributed by atoms with E-state index in [1.54, 1.807) is 51.8 Å². The van der Waals surface area contributed by atoms with Crippen molar-refractivity contribution in [1.29, 1.82) is 0 Å². The van der Waals surface area contributed by atoms with E-state index in [0.29, 0.717) is 49.5 Å². The molecule has 1 aromatic heterocycles. The third-order valence-corrected chi connectivity index (χ3v) is 10.6. The van der Waals surface area contributed by atoms with Crippen LogP contribution in [-0.2, 0) is 23.8 Å². The van der Waals surface area contributed by atoms with E-state index in [1.807, 2.05) is 12.1 Å². The number of methoxy groups -OCH3 is 1. The molecule has 0 spiro atoms. The zero-order valence-corrected chi connectivity index (χ0v) is 29.5. The third kappa shape index (κ3) is 8.93. The molecule has 5 rings (SSSR count). The van der Waals surface area contributed by atoms with Crippen molar-refractivity contribution in [2.24, 2.45) is 23.7 Å². The van der Waals surface area contributed by atoms with Crippen molar-refractivity contribution in [3.05, 3.63) is 30.0 Å². The molecule has 3 N–H and O–H groups in total. The molecule has 3 fully saturated rings. The minimum Gasteiger partial charge on any atom is -0.461 e. The Morgan fingerprint density at radius 2 is 1.71 bits per heavy atom. The van der Waals surface area contributed by atoms with E-state index >= 15 is 0 Å². The van der Waals surface area contributed by atoms with Crippen LogP contribution in [-0.4, -0.2) is 84.5 Å². The average Bonchev–Trinajstić information content (AvgIpc) is 3.71. The van der Waals surface area contributed by atoms with E-state index in [1.165, 1.54) is 0 Å². The maximum Gasteiger partial charge on any atom is 0.407 e. The van der Waals surface area contributed by atoms with Gasteiger partial charge in [0.15, 0.2) is 0 Å². The molecule has 3 aliphatic rings. The fourth-order valence-electron chi connectivity index (χ4n) is 8.14. The second-order valence-electron chi connectivity index (χ2n) is 14.9. The summed E-state index contributed by atoms with van der Waals surface area (Å²) < 4.78 is 30.1. The molecule has 0 radical (unpaired) electrons. The molecule has 3 amide bonds. The first-order chi connectivity index (χ1) is 23.4. The highest BCUT2D eigenvalue weighted by molar-refractivity contribution is 6.01. The molecule has 1 aromatic carbocycles. The molecule has 2 saturated carbocycles. The van der Waals surface area contributed by atoms with Crippen LogP contribution < -0.4 is 10.6 Å². The van der Waals surface area contributed by atoms with Crippen LogP contribution in [0.15, 0.2) is 24.3 Å². The van der Waals surface area contributed by atoms with Crippen molar-refractivity contribution in [2.45, 2.75) is 109 Å². The van der Waals surface area contributed by atoms with E-state index in [4.69, 9.17) is 14.2 Å².